The Morgan fingerprint density at radius 2 is 2.20 bits per heavy atom. The third kappa shape index (κ3) is 6.45. The fraction of sp³-hybridized carbons (Fsp3) is 0.400. The van der Waals surface area contributed by atoms with Crippen molar-refractivity contribution in [2.24, 2.45) is 4.99 Å². The zero-order valence-corrected chi connectivity index (χ0v) is 15.4. The molecule has 134 valence electrons. The first-order chi connectivity index (χ1) is 12.2. The maximum atomic E-state index is 4.78. The lowest BCUT2D eigenvalue weighted by Gasteiger charge is -2.21. The smallest absolute Gasteiger partial charge is 0.193 e. The molecule has 2 rings (SSSR count). The Hall–Kier alpha value is -2.56. The average molecular weight is 339 g/mol. The highest BCUT2D eigenvalue weighted by Crippen LogP contribution is 2.08. The lowest BCUT2D eigenvalue weighted by Crippen LogP contribution is -2.39. The zero-order valence-electron chi connectivity index (χ0n) is 15.4. The molecule has 0 radical (unpaired) electrons. The van der Waals surface area contributed by atoms with E-state index < -0.39 is 0 Å². The summed E-state index contributed by atoms with van der Waals surface area (Å²) in [6.07, 6.45) is 7.86. The van der Waals surface area contributed by atoms with E-state index in [2.05, 4.69) is 60.1 Å². The second kappa shape index (κ2) is 10.3. The fourth-order valence-corrected chi connectivity index (χ4v) is 2.62. The number of aromatic nitrogens is 2. The molecular weight excluding hydrogens is 310 g/mol. The predicted octanol–water partition coefficient (Wildman–Crippen LogP) is 3.29. The third-order valence-corrected chi connectivity index (χ3v) is 3.90. The van der Waals surface area contributed by atoms with Gasteiger partial charge in [0.2, 0.25) is 0 Å². The summed E-state index contributed by atoms with van der Waals surface area (Å²) in [5.74, 6) is 0.948. The minimum Gasteiger partial charge on any atom is -0.357 e. The van der Waals surface area contributed by atoms with Gasteiger partial charge in [-0.1, -0.05) is 30.3 Å². The Morgan fingerprint density at radius 3 is 2.92 bits per heavy atom. The standard InChI is InChI=1S/C20H29N5/c1-4-6-7-13-24(3)20(21-5-2)22-16-18-10-8-11-19(15-18)17-25-14-9-12-23-25/h4,8-12,14-15H,1,5-7,13,16-17H2,2-3H3,(H,21,22). The van der Waals surface area contributed by atoms with Crippen molar-refractivity contribution in [3.8, 4) is 0 Å². The zero-order chi connectivity index (χ0) is 17.9. The van der Waals surface area contributed by atoms with Crippen molar-refractivity contribution >= 4 is 5.96 Å². The molecule has 1 N–H and O–H groups in total. The second-order valence-electron chi connectivity index (χ2n) is 6.05. The normalized spacial score (nSPS) is 11.4. The second-order valence-corrected chi connectivity index (χ2v) is 6.05. The maximum absolute atomic E-state index is 4.78. The van der Waals surface area contributed by atoms with Crippen LogP contribution in [-0.2, 0) is 13.1 Å². The van der Waals surface area contributed by atoms with Crippen molar-refractivity contribution in [1.29, 1.82) is 0 Å². The van der Waals surface area contributed by atoms with Gasteiger partial charge in [-0.25, -0.2) is 4.99 Å². The van der Waals surface area contributed by atoms with Crippen LogP contribution in [0.3, 0.4) is 0 Å². The topological polar surface area (TPSA) is 45.5 Å². The van der Waals surface area contributed by atoms with Crippen LogP contribution in [0.2, 0.25) is 0 Å². The van der Waals surface area contributed by atoms with Crippen molar-refractivity contribution < 1.29 is 0 Å². The van der Waals surface area contributed by atoms with Gasteiger partial charge in [0, 0.05) is 32.5 Å². The van der Waals surface area contributed by atoms with Crippen LogP contribution in [0, 0.1) is 0 Å². The monoisotopic (exact) mass is 339 g/mol. The van der Waals surface area contributed by atoms with Crippen LogP contribution in [-0.4, -0.2) is 40.8 Å². The molecule has 5 heteroatoms. The molecule has 1 heterocycles. The largest absolute Gasteiger partial charge is 0.357 e. The van der Waals surface area contributed by atoms with E-state index in [4.69, 9.17) is 4.99 Å². The molecule has 1 aromatic heterocycles. The van der Waals surface area contributed by atoms with Crippen LogP contribution < -0.4 is 5.32 Å². The molecule has 0 fully saturated rings. The summed E-state index contributed by atoms with van der Waals surface area (Å²) in [6, 6.07) is 10.5. The van der Waals surface area contributed by atoms with E-state index in [1.807, 2.05) is 23.0 Å². The first-order valence-electron chi connectivity index (χ1n) is 8.88. The number of guanidine groups is 1. The molecule has 1 aromatic carbocycles. The molecular formula is C20H29N5. The van der Waals surface area contributed by atoms with Crippen molar-refractivity contribution in [3.63, 3.8) is 0 Å². The number of benzene rings is 1. The summed E-state index contributed by atoms with van der Waals surface area (Å²) < 4.78 is 1.93. The molecule has 5 nitrogen and oxygen atoms in total. The highest BCUT2D eigenvalue weighted by atomic mass is 15.3. The minimum absolute atomic E-state index is 0.668. The highest BCUT2D eigenvalue weighted by Gasteiger charge is 2.05. The van der Waals surface area contributed by atoms with Gasteiger partial charge in [0.1, 0.15) is 0 Å². The molecule has 0 aliphatic heterocycles. The van der Waals surface area contributed by atoms with Crippen LogP contribution in [0.5, 0.6) is 0 Å². The number of nitrogens with one attached hydrogen (secondary N) is 1. The van der Waals surface area contributed by atoms with Crippen LogP contribution in [0.4, 0.5) is 0 Å². The predicted molar refractivity (Wildman–Crippen MR) is 105 cm³/mol. The maximum Gasteiger partial charge on any atom is 0.193 e. The van der Waals surface area contributed by atoms with Crippen LogP contribution in [0.1, 0.15) is 30.9 Å². The first-order valence-corrected chi connectivity index (χ1v) is 8.88. The summed E-state index contributed by atoms with van der Waals surface area (Å²) in [4.78, 5) is 6.96. The number of hydrogen-bond donors (Lipinski definition) is 1. The van der Waals surface area contributed by atoms with Gasteiger partial charge in [-0.2, -0.15) is 5.10 Å². The van der Waals surface area contributed by atoms with Crippen LogP contribution >= 0.6 is 0 Å². The Kier molecular flexibility index (Phi) is 7.76. The van der Waals surface area contributed by atoms with Gasteiger partial charge in [0.05, 0.1) is 13.1 Å². The van der Waals surface area contributed by atoms with Crippen molar-refractivity contribution in [3.05, 3.63) is 66.5 Å². The molecule has 0 atom stereocenters. The molecule has 0 amide bonds. The summed E-state index contributed by atoms with van der Waals surface area (Å²) in [6.45, 7) is 9.16. The van der Waals surface area contributed by atoms with Gasteiger partial charge in [-0.3, -0.25) is 4.68 Å². The van der Waals surface area contributed by atoms with Gasteiger partial charge >= 0.3 is 0 Å². The van der Waals surface area contributed by atoms with E-state index >= 15 is 0 Å². The van der Waals surface area contributed by atoms with E-state index in [0.29, 0.717) is 6.54 Å². The van der Waals surface area contributed by atoms with Gasteiger partial charge in [-0.05, 0) is 37.0 Å². The number of hydrogen-bond acceptors (Lipinski definition) is 2. The van der Waals surface area contributed by atoms with Crippen molar-refractivity contribution in [2.45, 2.75) is 32.9 Å². The third-order valence-electron chi connectivity index (χ3n) is 3.90. The number of unbranched alkanes of at least 4 members (excludes halogenated alkanes) is 1. The van der Waals surface area contributed by atoms with Crippen molar-refractivity contribution in [2.75, 3.05) is 20.1 Å². The summed E-state index contributed by atoms with van der Waals surface area (Å²) in [7, 11) is 2.08. The SMILES string of the molecule is C=CCCCN(C)C(=NCc1cccc(Cn2cccn2)c1)NCC. The summed E-state index contributed by atoms with van der Waals surface area (Å²) in [5.41, 5.74) is 2.44. The minimum atomic E-state index is 0.668. The van der Waals surface area contributed by atoms with Gasteiger partial charge in [0.25, 0.3) is 0 Å². The number of nitrogens with zero attached hydrogens (tertiary/aromatic N) is 4. The molecule has 0 saturated heterocycles. The molecule has 2 aromatic rings. The Morgan fingerprint density at radius 1 is 1.36 bits per heavy atom. The van der Waals surface area contributed by atoms with E-state index in [-0.39, 0.29) is 0 Å². The quantitative estimate of drug-likeness (QED) is 0.330. The number of rotatable bonds is 9. The molecule has 0 saturated carbocycles. The number of allylic oxidation sites excluding steroid dienone is 1. The average Bonchev–Trinajstić information content (AvgIpc) is 3.12. The Balaban J connectivity index is 1.99. The fourth-order valence-electron chi connectivity index (χ4n) is 2.62. The Labute approximate surface area is 151 Å². The van der Waals surface area contributed by atoms with E-state index in [0.717, 1.165) is 38.4 Å². The molecule has 25 heavy (non-hydrogen) atoms. The van der Waals surface area contributed by atoms with Gasteiger partial charge in [-0.15, -0.1) is 6.58 Å². The first kappa shape index (κ1) is 18.8. The summed E-state index contributed by atoms with van der Waals surface area (Å²) in [5, 5.41) is 7.63. The van der Waals surface area contributed by atoms with E-state index in [1.165, 1.54) is 11.1 Å². The molecule has 0 aliphatic carbocycles. The van der Waals surface area contributed by atoms with Gasteiger partial charge < -0.3 is 10.2 Å². The lowest BCUT2D eigenvalue weighted by atomic mass is 10.1. The molecule has 0 spiro atoms. The van der Waals surface area contributed by atoms with Gasteiger partial charge in [0.15, 0.2) is 5.96 Å². The van der Waals surface area contributed by atoms with Crippen LogP contribution in [0.15, 0.2) is 60.4 Å². The summed E-state index contributed by atoms with van der Waals surface area (Å²) >= 11 is 0. The van der Waals surface area contributed by atoms with E-state index in [1.54, 1.807) is 6.20 Å². The van der Waals surface area contributed by atoms with Crippen LogP contribution in [0.25, 0.3) is 0 Å². The molecule has 0 aliphatic rings. The molecule has 0 unspecified atom stereocenters. The lowest BCUT2D eigenvalue weighted by molar-refractivity contribution is 0.470. The molecule has 0 bridgehead atoms. The number of aliphatic imine (C=N–C) groups is 1. The van der Waals surface area contributed by atoms with E-state index in [9.17, 15) is 0 Å². The highest BCUT2D eigenvalue weighted by molar-refractivity contribution is 5.79. The Bertz CT molecular complexity index is 660. The van der Waals surface area contributed by atoms with Crippen molar-refractivity contribution in [1.82, 2.24) is 20.0 Å².